The molecule has 0 amide bonds. The third kappa shape index (κ3) is 2.50. The van der Waals surface area contributed by atoms with E-state index in [-0.39, 0.29) is 17.9 Å². The maximum Gasteiger partial charge on any atom is 0.339 e. The monoisotopic (exact) mass is 312 g/mol. The zero-order chi connectivity index (χ0) is 15.7. The van der Waals surface area contributed by atoms with Crippen LogP contribution in [0.1, 0.15) is 12.6 Å². The molecular formula is C12H16N4O4S. The minimum absolute atomic E-state index is 0.0937. The van der Waals surface area contributed by atoms with Crippen LogP contribution < -0.4 is 10.6 Å². The Morgan fingerprint density at radius 3 is 2.76 bits per heavy atom. The molecule has 114 valence electrons. The second-order valence-electron chi connectivity index (χ2n) is 4.43. The SMILES string of the molecule is CCOC(=O)C1=CN(C)NC1(c1ccccn1)S(N)(=O)=O. The van der Waals surface area contributed by atoms with Crippen LogP contribution in [0, 0.1) is 0 Å². The highest BCUT2D eigenvalue weighted by Crippen LogP contribution is 2.37. The van der Waals surface area contributed by atoms with E-state index in [1.54, 1.807) is 26.1 Å². The van der Waals surface area contributed by atoms with Gasteiger partial charge < -0.3 is 9.75 Å². The number of hydrogen-bond donors (Lipinski definition) is 2. The summed E-state index contributed by atoms with van der Waals surface area (Å²) in [4.78, 5) is 14.2. The fourth-order valence-corrected chi connectivity index (χ4v) is 3.29. The molecule has 8 nitrogen and oxygen atoms in total. The standard InChI is InChI=1S/C12H16N4O4S/c1-3-20-11(17)9-8-16(2)15-12(9,21(13,18)19)10-6-4-5-7-14-10/h4-8,15H,3H2,1-2H3,(H2,13,18,19). The van der Waals surface area contributed by atoms with Crippen LogP contribution in [-0.2, 0) is 24.4 Å². The normalized spacial score (nSPS) is 22.0. The highest BCUT2D eigenvalue weighted by Gasteiger charge is 2.55. The Bertz CT molecular complexity index is 674. The molecule has 2 heterocycles. The van der Waals surface area contributed by atoms with Crippen LogP contribution in [0.5, 0.6) is 0 Å². The summed E-state index contributed by atoms with van der Waals surface area (Å²) in [5.41, 5.74) is 2.64. The first kappa shape index (κ1) is 15.4. The number of aromatic nitrogens is 1. The van der Waals surface area contributed by atoms with Crippen molar-refractivity contribution in [1.82, 2.24) is 15.4 Å². The van der Waals surface area contributed by atoms with E-state index in [0.29, 0.717) is 0 Å². The van der Waals surface area contributed by atoms with Crippen molar-refractivity contribution in [3.63, 3.8) is 0 Å². The van der Waals surface area contributed by atoms with Crippen molar-refractivity contribution < 1.29 is 17.9 Å². The van der Waals surface area contributed by atoms with Crippen LogP contribution >= 0.6 is 0 Å². The smallest absolute Gasteiger partial charge is 0.339 e. The molecular weight excluding hydrogens is 296 g/mol. The van der Waals surface area contributed by atoms with Gasteiger partial charge in [-0.1, -0.05) is 6.07 Å². The largest absolute Gasteiger partial charge is 0.462 e. The van der Waals surface area contributed by atoms with Gasteiger partial charge in [-0.25, -0.2) is 23.8 Å². The lowest BCUT2D eigenvalue weighted by molar-refractivity contribution is -0.139. The fourth-order valence-electron chi connectivity index (χ4n) is 2.16. The predicted molar refractivity (Wildman–Crippen MR) is 74.6 cm³/mol. The fraction of sp³-hybridized carbons (Fsp3) is 0.333. The topological polar surface area (TPSA) is 115 Å². The van der Waals surface area contributed by atoms with Crippen molar-refractivity contribution in [3.05, 3.63) is 41.9 Å². The molecule has 1 aliphatic rings. The third-order valence-corrected chi connectivity index (χ3v) is 4.36. The van der Waals surface area contributed by atoms with Gasteiger partial charge in [-0.05, 0) is 19.1 Å². The summed E-state index contributed by atoms with van der Waals surface area (Å²) in [7, 11) is -2.70. The van der Waals surface area contributed by atoms with Gasteiger partial charge in [0.2, 0.25) is 14.9 Å². The lowest BCUT2D eigenvalue weighted by atomic mass is 10.1. The van der Waals surface area contributed by atoms with Gasteiger partial charge in [0.15, 0.2) is 0 Å². The quantitative estimate of drug-likeness (QED) is 0.715. The van der Waals surface area contributed by atoms with E-state index in [9.17, 15) is 13.2 Å². The van der Waals surface area contributed by atoms with Crippen LogP contribution in [0.25, 0.3) is 0 Å². The number of primary sulfonamides is 1. The van der Waals surface area contributed by atoms with Crippen LogP contribution in [-0.4, -0.2) is 38.0 Å². The molecule has 3 N–H and O–H groups in total. The van der Waals surface area contributed by atoms with Crippen molar-refractivity contribution in [2.45, 2.75) is 11.8 Å². The zero-order valence-electron chi connectivity index (χ0n) is 11.6. The zero-order valence-corrected chi connectivity index (χ0v) is 12.4. The van der Waals surface area contributed by atoms with Gasteiger partial charge in [-0.15, -0.1) is 0 Å². The van der Waals surface area contributed by atoms with Crippen molar-refractivity contribution in [2.75, 3.05) is 13.7 Å². The number of hydrogen-bond acceptors (Lipinski definition) is 7. The van der Waals surface area contributed by atoms with Crippen molar-refractivity contribution in [3.8, 4) is 0 Å². The first-order chi connectivity index (χ1) is 9.83. The minimum Gasteiger partial charge on any atom is -0.462 e. The van der Waals surface area contributed by atoms with Crippen molar-refractivity contribution in [1.29, 1.82) is 0 Å². The Kier molecular flexibility index (Phi) is 3.99. The Hall–Kier alpha value is -1.97. The summed E-state index contributed by atoms with van der Waals surface area (Å²) in [5, 5.41) is 6.73. The average molecular weight is 312 g/mol. The lowest BCUT2D eigenvalue weighted by Gasteiger charge is -2.29. The van der Waals surface area contributed by atoms with Gasteiger partial charge in [0.1, 0.15) is 0 Å². The van der Waals surface area contributed by atoms with E-state index >= 15 is 0 Å². The van der Waals surface area contributed by atoms with Gasteiger partial charge in [0.05, 0.1) is 17.9 Å². The number of carbonyl (C=O) groups is 1. The van der Waals surface area contributed by atoms with E-state index in [4.69, 9.17) is 9.88 Å². The third-order valence-electron chi connectivity index (χ3n) is 2.98. The molecule has 1 aromatic rings. The number of sulfonamides is 1. The Balaban J connectivity index is 2.67. The number of pyridine rings is 1. The molecule has 1 aromatic heterocycles. The number of nitrogens with two attached hydrogens (primary N) is 1. The number of rotatable bonds is 4. The first-order valence-electron chi connectivity index (χ1n) is 6.17. The molecule has 0 saturated heterocycles. The van der Waals surface area contributed by atoms with Gasteiger partial charge in [-0.2, -0.15) is 0 Å². The van der Waals surface area contributed by atoms with E-state index in [2.05, 4.69) is 10.4 Å². The van der Waals surface area contributed by atoms with E-state index in [0.717, 1.165) is 0 Å². The lowest BCUT2D eigenvalue weighted by Crippen LogP contribution is -2.55. The summed E-state index contributed by atoms with van der Waals surface area (Å²) in [6.07, 6.45) is 2.75. The average Bonchev–Trinajstić information content (AvgIpc) is 2.79. The van der Waals surface area contributed by atoms with Crippen LogP contribution in [0.4, 0.5) is 0 Å². The molecule has 0 radical (unpaired) electrons. The molecule has 0 saturated carbocycles. The Morgan fingerprint density at radius 2 is 2.24 bits per heavy atom. The molecule has 0 spiro atoms. The maximum atomic E-state index is 12.2. The number of esters is 1. The van der Waals surface area contributed by atoms with Crippen LogP contribution in [0.3, 0.4) is 0 Å². The number of carbonyl (C=O) groups excluding carboxylic acids is 1. The molecule has 1 atom stereocenters. The summed E-state index contributed by atoms with van der Waals surface area (Å²) in [5.74, 6) is -0.769. The van der Waals surface area contributed by atoms with Crippen LogP contribution in [0.2, 0.25) is 0 Å². The molecule has 1 aliphatic heterocycles. The number of nitrogens with zero attached hydrogens (tertiary/aromatic N) is 2. The summed E-state index contributed by atoms with van der Waals surface area (Å²) in [6.45, 7) is 1.74. The molecule has 0 aromatic carbocycles. The summed E-state index contributed by atoms with van der Waals surface area (Å²) < 4.78 is 29.4. The molecule has 1 unspecified atom stereocenters. The first-order valence-corrected chi connectivity index (χ1v) is 7.71. The highest BCUT2D eigenvalue weighted by atomic mass is 32.2. The Labute approximate surface area is 122 Å². The van der Waals surface area contributed by atoms with E-state index in [1.807, 2.05) is 0 Å². The summed E-state index contributed by atoms with van der Waals surface area (Å²) in [6, 6.07) is 4.72. The minimum atomic E-state index is -4.25. The second-order valence-corrected chi connectivity index (χ2v) is 6.13. The van der Waals surface area contributed by atoms with Gasteiger partial charge in [-0.3, -0.25) is 4.98 Å². The molecule has 21 heavy (non-hydrogen) atoms. The molecule has 9 heteroatoms. The highest BCUT2D eigenvalue weighted by molar-refractivity contribution is 7.90. The summed E-state index contributed by atoms with van der Waals surface area (Å²) >= 11 is 0. The van der Waals surface area contributed by atoms with E-state index in [1.165, 1.54) is 23.5 Å². The van der Waals surface area contributed by atoms with E-state index < -0.39 is 20.9 Å². The van der Waals surface area contributed by atoms with Gasteiger partial charge in [0, 0.05) is 19.4 Å². The molecule has 2 rings (SSSR count). The molecule has 0 bridgehead atoms. The molecule has 0 fully saturated rings. The van der Waals surface area contributed by atoms with Crippen molar-refractivity contribution >= 4 is 16.0 Å². The number of nitrogens with one attached hydrogen (secondary N) is 1. The van der Waals surface area contributed by atoms with Gasteiger partial charge in [0.25, 0.3) is 0 Å². The second kappa shape index (κ2) is 5.43. The number of ether oxygens (including phenoxy) is 1. The van der Waals surface area contributed by atoms with Crippen molar-refractivity contribution in [2.24, 2.45) is 5.14 Å². The van der Waals surface area contributed by atoms with Gasteiger partial charge >= 0.3 is 5.97 Å². The number of hydrazine groups is 1. The van der Waals surface area contributed by atoms with Crippen LogP contribution in [0.15, 0.2) is 36.2 Å². The Morgan fingerprint density at radius 1 is 1.52 bits per heavy atom. The molecule has 0 aliphatic carbocycles. The maximum absolute atomic E-state index is 12.2. The predicted octanol–water partition coefficient (Wildman–Crippen LogP) is -0.580.